The van der Waals surface area contributed by atoms with E-state index in [0.717, 1.165) is 0 Å². The molecule has 0 radical (unpaired) electrons. The number of hydrogen-bond acceptors (Lipinski definition) is 7. The third-order valence-corrected chi connectivity index (χ3v) is 6.41. The number of halogens is 1. The molecule has 1 fully saturated rings. The summed E-state index contributed by atoms with van der Waals surface area (Å²) in [6.45, 7) is 2.68. The minimum Gasteiger partial charge on any atom is -0.475 e. The third kappa shape index (κ3) is 5.81. The van der Waals surface area contributed by atoms with Crippen molar-refractivity contribution >= 4 is 27.6 Å². The summed E-state index contributed by atoms with van der Waals surface area (Å²) in [5.74, 6) is 0.912. The monoisotopic (exact) mass is 442 g/mol. The zero-order chi connectivity index (χ0) is 20.7. The molecule has 0 unspecified atom stereocenters. The van der Waals surface area contributed by atoms with Gasteiger partial charge in [0.1, 0.15) is 23.6 Å². The van der Waals surface area contributed by atoms with Gasteiger partial charge in [-0.25, -0.2) is 13.4 Å². The first kappa shape index (κ1) is 21.3. The van der Waals surface area contributed by atoms with Gasteiger partial charge in [-0.3, -0.25) is 4.99 Å². The molecule has 0 bridgehead atoms. The summed E-state index contributed by atoms with van der Waals surface area (Å²) in [4.78, 5) is 10.3. The van der Waals surface area contributed by atoms with E-state index >= 15 is 0 Å². The number of ether oxygens (including phenoxy) is 1. The van der Waals surface area contributed by atoms with Crippen LogP contribution in [0.5, 0.6) is 5.88 Å². The van der Waals surface area contributed by atoms with Gasteiger partial charge in [0.15, 0.2) is 5.96 Å². The smallest absolute Gasteiger partial charge is 0.232 e. The number of aromatic nitrogens is 2. The van der Waals surface area contributed by atoms with Crippen LogP contribution in [0.3, 0.4) is 0 Å². The number of guanidine groups is 1. The second-order valence-corrected chi connectivity index (χ2v) is 8.62. The average molecular weight is 443 g/mol. The lowest BCUT2D eigenvalue weighted by Crippen LogP contribution is -2.54. The Bertz CT molecular complexity index is 914. The Labute approximate surface area is 174 Å². The maximum Gasteiger partial charge on any atom is 0.232 e. The van der Waals surface area contributed by atoms with Gasteiger partial charge in [-0.05, 0) is 12.1 Å². The highest BCUT2D eigenvalue weighted by Crippen LogP contribution is 2.19. The molecule has 0 amide bonds. The summed E-state index contributed by atoms with van der Waals surface area (Å²) in [5, 5.41) is 7.34. The fraction of sp³-hybridized carbons (Fsp3) is 0.471. The van der Waals surface area contributed by atoms with Gasteiger partial charge in [0.2, 0.25) is 15.9 Å². The average Bonchev–Trinajstić information content (AvgIpc) is 3.22. The van der Waals surface area contributed by atoms with Crippen molar-refractivity contribution < 1.29 is 17.7 Å². The Hall–Kier alpha value is -2.37. The topological polar surface area (TPSA) is 113 Å². The molecule has 158 valence electrons. The molecule has 2 aromatic heterocycles. The van der Waals surface area contributed by atoms with E-state index in [4.69, 9.17) is 20.9 Å². The van der Waals surface area contributed by atoms with Crippen LogP contribution in [0.2, 0.25) is 5.02 Å². The van der Waals surface area contributed by atoms with Crippen LogP contribution in [0.25, 0.3) is 0 Å². The Morgan fingerprint density at radius 1 is 1.34 bits per heavy atom. The first-order chi connectivity index (χ1) is 14.0. The summed E-state index contributed by atoms with van der Waals surface area (Å²) in [5.41, 5.74) is 0.401. The lowest BCUT2D eigenvalue weighted by molar-refractivity contribution is 0.256. The molecular formula is C17H23ClN6O4S. The molecule has 0 aromatic carbocycles. The molecule has 29 heavy (non-hydrogen) atoms. The third-order valence-electron chi connectivity index (χ3n) is 4.31. The van der Waals surface area contributed by atoms with Gasteiger partial charge in [-0.15, -0.1) is 0 Å². The first-order valence-electron chi connectivity index (χ1n) is 9.05. The highest BCUT2D eigenvalue weighted by molar-refractivity contribution is 7.88. The van der Waals surface area contributed by atoms with Crippen molar-refractivity contribution in [3.8, 4) is 5.88 Å². The quantitative estimate of drug-likeness (QED) is 0.381. The van der Waals surface area contributed by atoms with Crippen LogP contribution in [0, 0.1) is 0 Å². The van der Waals surface area contributed by atoms with E-state index in [1.807, 2.05) is 4.90 Å². The number of sulfonamides is 1. The Morgan fingerprint density at radius 2 is 2.14 bits per heavy atom. The normalized spacial score (nSPS) is 16.1. The van der Waals surface area contributed by atoms with Crippen molar-refractivity contribution in [1.82, 2.24) is 24.7 Å². The summed E-state index contributed by atoms with van der Waals surface area (Å²) < 4.78 is 36.8. The molecule has 0 spiro atoms. The maximum atomic E-state index is 12.5. The van der Waals surface area contributed by atoms with Crippen LogP contribution in [-0.4, -0.2) is 80.1 Å². The summed E-state index contributed by atoms with van der Waals surface area (Å²) in [6, 6.07) is 5.01. The fourth-order valence-corrected chi connectivity index (χ4v) is 4.49. The van der Waals surface area contributed by atoms with E-state index in [-0.39, 0.29) is 5.75 Å². The van der Waals surface area contributed by atoms with Crippen molar-refractivity contribution in [3.05, 3.63) is 41.4 Å². The molecule has 1 aliphatic heterocycles. The van der Waals surface area contributed by atoms with E-state index < -0.39 is 10.0 Å². The second kappa shape index (κ2) is 9.90. The van der Waals surface area contributed by atoms with E-state index in [9.17, 15) is 8.42 Å². The number of nitrogens with one attached hydrogen (secondary N) is 1. The molecule has 1 saturated heterocycles. The number of nitrogens with zero attached hydrogens (tertiary/aromatic N) is 5. The number of hydrogen-bond donors (Lipinski definition) is 1. The molecule has 1 aliphatic rings. The molecule has 10 nitrogen and oxygen atoms in total. The number of piperazine rings is 1. The van der Waals surface area contributed by atoms with Crippen molar-refractivity contribution in [2.24, 2.45) is 4.99 Å². The molecule has 1 N–H and O–H groups in total. The van der Waals surface area contributed by atoms with Gasteiger partial charge in [0, 0.05) is 45.5 Å². The minimum atomic E-state index is -3.43. The van der Waals surface area contributed by atoms with Gasteiger partial charge in [0.25, 0.3) is 0 Å². The molecule has 2 aromatic rings. The summed E-state index contributed by atoms with van der Waals surface area (Å²) >= 11 is 6.01. The predicted molar refractivity (Wildman–Crippen MR) is 108 cm³/mol. The molecule has 3 rings (SSSR count). The van der Waals surface area contributed by atoms with Gasteiger partial charge in [-0.1, -0.05) is 16.8 Å². The molecule has 0 aliphatic carbocycles. The van der Waals surface area contributed by atoms with Gasteiger partial charge in [-0.2, -0.15) is 4.31 Å². The largest absolute Gasteiger partial charge is 0.475 e. The lowest BCUT2D eigenvalue weighted by atomic mass is 10.4. The lowest BCUT2D eigenvalue weighted by Gasteiger charge is -2.35. The highest BCUT2D eigenvalue weighted by Gasteiger charge is 2.28. The molecule has 12 heteroatoms. The van der Waals surface area contributed by atoms with E-state index in [2.05, 4.69) is 20.4 Å². The van der Waals surface area contributed by atoms with Crippen molar-refractivity contribution in [3.63, 3.8) is 0 Å². The second-order valence-electron chi connectivity index (χ2n) is 6.25. The van der Waals surface area contributed by atoms with Crippen LogP contribution >= 0.6 is 11.6 Å². The van der Waals surface area contributed by atoms with Crippen LogP contribution in [0.1, 0.15) is 5.69 Å². The van der Waals surface area contributed by atoms with Gasteiger partial charge >= 0.3 is 0 Å². The minimum absolute atomic E-state index is 0.163. The van der Waals surface area contributed by atoms with Crippen molar-refractivity contribution in [2.45, 2.75) is 5.75 Å². The number of aliphatic imine (C=N–C) groups is 1. The predicted octanol–water partition coefficient (Wildman–Crippen LogP) is 0.825. The molecule has 0 saturated carbocycles. The van der Waals surface area contributed by atoms with E-state index in [1.165, 1.54) is 10.6 Å². The van der Waals surface area contributed by atoms with Crippen LogP contribution < -0.4 is 10.1 Å². The zero-order valence-electron chi connectivity index (χ0n) is 16.0. The first-order valence-corrected chi connectivity index (χ1v) is 11.0. The Kier molecular flexibility index (Phi) is 7.29. The highest BCUT2D eigenvalue weighted by atomic mass is 35.5. The molecule has 3 heterocycles. The zero-order valence-corrected chi connectivity index (χ0v) is 17.6. The number of rotatable bonds is 7. The van der Waals surface area contributed by atoms with Gasteiger partial charge < -0.3 is 19.5 Å². The fourth-order valence-electron chi connectivity index (χ4n) is 2.89. The SMILES string of the molecule is CN=C(NCCOc1ncccc1Cl)N1CCN(S(=O)(=O)Cc2ccon2)CC1. The standard InChI is InChI=1S/C17H23ClN6O4S/c1-19-17(21-6-12-27-16-15(18)3-2-5-20-16)23-7-9-24(10-8-23)29(25,26)13-14-4-11-28-22-14/h2-5,11H,6-10,12-13H2,1H3,(H,19,21). The number of pyridine rings is 1. The van der Waals surface area contributed by atoms with Crippen molar-refractivity contribution in [2.75, 3.05) is 46.4 Å². The summed E-state index contributed by atoms with van der Waals surface area (Å²) in [6.07, 6.45) is 2.98. The van der Waals surface area contributed by atoms with E-state index in [1.54, 1.807) is 31.4 Å². The van der Waals surface area contributed by atoms with Crippen LogP contribution in [-0.2, 0) is 15.8 Å². The Morgan fingerprint density at radius 3 is 2.79 bits per heavy atom. The van der Waals surface area contributed by atoms with E-state index in [0.29, 0.717) is 61.9 Å². The van der Waals surface area contributed by atoms with Gasteiger partial charge in [0.05, 0.1) is 12.2 Å². The Balaban J connectivity index is 1.44. The molecular weight excluding hydrogens is 420 g/mol. The summed E-state index contributed by atoms with van der Waals surface area (Å²) in [7, 11) is -1.75. The van der Waals surface area contributed by atoms with Crippen molar-refractivity contribution in [1.29, 1.82) is 0 Å². The van der Waals surface area contributed by atoms with Crippen LogP contribution in [0.15, 0.2) is 40.2 Å². The van der Waals surface area contributed by atoms with Crippen LogP contribution in [0.4, 0.5) is 0 Å². The maximum absolute atomic E-state index is 12.5. The molecule has 0 atom stereocenters.